The molecule has 19 heavy (non-hydrogen) atoms. The highest BCUT2D eigenvalue weighted by atomic mass is 16.5. The van der Waals surface area contributed by atoms with Gasteiger partial charge in [-0.25, -0.2) is 0 Å². The van der Waals surface area contributed by atoms with Crippen molar-refractivity contribution in [2.24, 2.45) is 17.8 Å². The molecule has 112 valence electrons. The number of aliphatic hydroxyl groups is 1. The zero-order valence-corrected chi connectivity index (χ0v) is 12.8. The number of aliphatic hydroxyl groups excluding tert-OH is 1. The van der Waals surface area contributed by atoms with Crippen molar-refractivity contribution in [3.63, 3.8) is 0 Å². The Kier molecular flexibility index (Phi) is 5.67. The third kappa shape index (κ3) is 4.17. The Morgan fingerprint density at radius 3 is 2.79 bits per heavy atom. The van der Waals surface area contributed by atoms with Crippen LogP contribution in [0.2, 0.25) is 0 Å². The second-order valence-corrected chi connectivity index (χ2v) is 6.81. The summed E-state index contributed by atoms with van der Waals surface area (Å²) in [5.74, 6) is 2.02. The molecule has 0 spiro atoms. The van der Waals surface area contributed by atoms with Gasteiger partial charge in [-0.1, -0.05) is 20.8 Å². The normalized spacial score (nSPS) is 37.7. The van der Waals surface area contributed by atoms with Crippen molar-refractivity contribution in [1.29, 1.82) is 0 Å². The minimum Gasteiger partial charge on any atom is -0.393 e. The van der Waals surface area contributed by atoms with Crippen LogP contribution in [0.1, 0.15) is 46.5 Å². The van der Waals surface area contributed by atoms with Gasteiger partial charge in [-0.05, 0) is 43.4 Å². The fourth-order valence-corrected chi connectivity index (χ4v) is 3.61. The van der Waals surface area contributed by atoms with E-state index in [1.807, 2.05) is 0 Å². The maximum Gasteiger partial charge on any atom is 0.0700 e. The summed E-state index contributed by atoms with van der Waals surface area (Å²) in [7, 11) is 0. The highest BCUT2D eigenvalue weighted by Gasteiger charge is 2.32. The molecule has 3 nitrogen and oxygen atoms in total. The molecule has 1 aliphatic carbocycles. The first-order chi connectivity index (χ1) is 9.10. The van der Waals surface area contributed by atoms with Crippen LogP contribution in [-0.2, 0) is 4.74 Å². The quantitative estimate of drug-likeness (QED) is 0.851. The summed E-state index contributed by atoms with van der Waals surface area (Å²) >= 11 is 0. The Hall–Kier alpha value is -0.120. The van der Waals surface area contributed by atoms with Crippen molar-refractivity contribution in [2.75, 3.05) is 26.2 Å². The van der Waals surface area contributed by atoms with Gasteiger partial charge >= 0.3 is 0 Å². The molecular weight excluding hydrogens is 238 g/mol. The first-order valence-electron chi connectivity index (χ1n) is 8.12. The lowest BCUT2D eigenvalue weighted by molar-refractivity contribution is -0.0503. The standard InChI is InChI=1S/C16H31NO2/c1-4-15-11-17(7-8-19-15)10-14-9-13(12(2)3)5-6-16(14)18/h12-16,18H,4-11H2,1-3H3. The zero-order chi connectivity index (χ0) is 13.8. The minimum absolute atomic E-state index is 0.0853. The van der Waals surface area contributed by atoms with Crippen LogP contribution < -0.4 is 0 Å². The summed E-state index contributed by atoms with van der Waals surface area (Å²) in [5, 5.41) is 10.3. The SMILES string of the molecule is CCC1CN(CC2CC(C(C)C)CCC2O)CCO1. The molecule has 2 rings (SSSR count). The number of hydrogen-bond acceptors (Lipinski definition) is 3. The summed E-state index contributed by atoms with van der Waals surface area (Å²) in [4.78, 5) is 2.51. The van der Waals surface area contributed by atoms with E-state index in [1.54, 1.807) is 0 Å². The maximum absolute atomic E-state index is 10.3. The molecular formula is C16H31NO2. The molecule has 4 atom stereocenters. The van der Waals surface area contributed by atoms with Crippen LogP contribution in [0.5, 0.6) is 0 Å². The van der Waals surface area contributed by atoms with Crippen molar-refractivity contribution in [1.82, 2.24) is 4.90 Å². The molecule has 0 aromatic heterocycles. The van der Waals surface area contributed by atoms with Gasteiger partial charge in [-0.3, -0.25) is 4.90 Å². The van der Waals surface area contributed by atoms with E-state index in [9.17, 15) is 5.11 Å². The zero-order valence-electron chi connectivity index (χ0n) is 12.8. The van der Waals surface area contributed by atoms with Crippen LogP contribution >= 0.6 is 0 Å². The first-order valence-corrected chi connectivity index (χ1v) is 8.12. The van der Waals surface area contributed by atoms with E-state index >= 15 is 0 Å². The van der Waals surface area contributed by atoms with E-state index < -0.39 is 0 Å². The van der Waals surface area contributed by atoms with Crippen LogP contribution in [0.3, 0.4) is 0 Å². The Morgan fingerprint density at radius 1 is 1.32 bits per heavy atom. The average molecular weight is 269 g/mol. The van der Waals surface area contributed by atoms with E-state index in [0.29, 0.717) is 12.0 Å². The van der Waals surface area contributed by atoms with Gasteiger partial charge < -0.3 is 9.84 Å². The molecule has 2 aliphatic rings. The lowest BCUT2D eigenvalue weighted by Crippen LogP contribution is -2.47. The van der Waals surface area contributed by atoms with E-state index in [-0.39, 0.29) is 6.10 Å². The van der Waals surface area contributed by atoms with E-state index in [0.717, 1.165) is 50.9 Å². The summed E-state index contributed by atoms with van der Waals surface area (Å²) in [5.41, 5.74) is 0. The first kappa shape index (κ1) is 15.3. The second-order valence-electron chi connectivity index (χ2n) is 6.81. The molecule has 0 aromatic carbocycles. The van der Waals surface area contributed by atoms with Gasteiger partial charge in [-0.15, -0.1) is 0 Å². The molecule has 1 aliphatic heterocycles. The number of hydrogen-bond donors (Lipinski definition) is 1. The third-order valence-electron chi connectivity index (χ3n) is 5.10. The average Bonchev–Trinajstić information content (AvgIpc) is 2.41. The molecule has 3 heteroatoms. The number of rotatable bonds is 4. The highest BCUT2D eigenvalue weighted by Crippen LogP contribution is 2.34. The molecule has 0 amide bonds. The van der Waals surface area contributed by atoms with Gasteiger partial charge in [0.2, 0.25) is 0 Å². The van der Waals surface area contributed by atoms with Crippen LogP contribution in [0, 0.1) is 17.8 Å². The van der Waals surface area contributed by atoms with E-state index in [1.165, 1.54) is 12.8 Å². The summed E-state index contributed by atoms with van der Waals surface area (Å²) in [6, 6.07) is 0. The van der Waals surface area contributed by atoms with Gasteiger partial charge in [0.05, 0.1) is 18.8 Å². The molecule has 1 saturated heterocycles. The van der Waals surface area contributed by atoms with Gasteiger partial charge in [-0.2, -0.15) is 0 Å². The van der Waals surface area contributed by atoms with Crippen molar-refractivity contribution in [3.05, 3.63) is 0 Å². The summed E-state index contributed by atoms with van der Waals surface area (Å²) < 4.78 is 5.73. The molecule has 0 aromatic rings. The van der Waals surface area contributed by atoms with Crippen LogP contribution in [0.4, 0.5) is 0 Å². The van der Waals surface area contributed by atoms with Gasteiger partial charge in [0.15, 0.2) is 0 Å². The number of nitrogens with zero attached hydrogens (tertiary/aromatic N) is 1. The minimum atomic E-state index is -0.0853. The lowest BCUT2D eigenvalue weighted by Gasteiger charge is -2.40. The molecule has 0 radical (unpaired) electrons. The fourth-order valence-electron chi connectivity index (χ4n) is 3.61. The second kappa shape index (κ2) is 7.05. The third-order valence-corrected chi connectivity index (χ3v) is 5.10. The van der Waals surface area contributed by atoms with Crippen molar-refractivity contribution in [3.8, 4) is 0 Å². The smallest absolute Gasteiger partial charge is 0.0700 e. The Bertz CT molecular complexity index is 269. The van der Waals surface area contributed by atoms with Crippen LogP contribution in [0.15, 0.2) is 0 Å². The van der Waals surface area contributed by atoms with Crippen molar-refractivity contribution in [2.45, 2.75) is 58.7 Å². The Morgan fingerprint density at radius 2 is 2.11 bits per heavy atom. The lowest BCUT2D eigenvalue weighted by atomic mass is 9.74. The number of ether oxygens (including phenoxy) is 1. The number of morpholine rings is 1. The maximum atomic E-state index is 10.3. The van der Waals surface area contributed by atoms with Crippen molar-refractivity contribution >= 4 is 0 Å². The van der Waals surface area contributed by atoms with Crippen LogP contribution in [0.25, 0.3) is 0 Å². The molecule has 1 saturated carbocycles. The Balaban J connectivity index is 1.85. The monoisotopic (exact) mass is 269 g/mol. The molecule has 1 heterocycles. The molecule has 1 N–H and O–H groups in total. The summed E-state index contributed by atoms with van der Waals surface area (Å²) in [6.45, 7) is 10.8. The van der Waals surface area contributed by atoms with E-state index in [4.69, 9.17) is 4.74 Å². The molecule has 2 fully saturated rings. The van der Waals surface area contributed by atoms with Gasteiger partial charge in [0.1, 0.15) is 0 Å². The fraction of sp³-hybridized carbons (Fsp3) is 1.00. The molecule has 0 bridgehead atoms. The predicted molar refractivity (Wildman–Crippen MR) is 78.1 cm³/mol. The van der Waals surface area contributed by atoms with Crippen LogP contribution in [-0.4, -0.2) is 48.5 Å². The largest absolute Gasteiger partial charge is 0.393 e. The molecule has 4 unspecified atom stereocenters. The topological polar surface area (TPSA) is 32.7 Å². The highest BCUT2D eigenvalue weighted by molar-refractivity contribution is 4.84. The van der Waals surface area contributed by atoms with Gasteiger partial charge in [0, 0.05) is 19.6 Å². The Labute approximate surface area is 118 Å². The summed E-state index contributed by atoms with van der Waals surface area (Å²) in [6.07, 6.45) is 4.81. The predicted octanol–water partition coefficient (Wildman–Crippen LogP) is 2.53. The van der Waals surface area contributed by atoms with Crippen molar-refractivity contribution < 1.29 is 9.84 Å². The van der Waals surface area contributed by atoms with Gasteiger partial charge in [0.25, 0.3) is 0 Å². The van der Waals surface area contributed by atoms with E-state index in [2.05, 4.69) is 25.7 Å².